The number of hydrogen-bond acceptors (Lipinski definition) is 4. The lowest BCUT2D eigenvalue weighted by Gasteiger charge is -2.20. The van der Waals surface area contributed by atoms with E-state index in [1.807, 2.05) is 19.1 Å². The molecular weight excluding hydrogens is 268 g/mol. The minimum Gasteiger partial charge on any atom is -0.476 e. The molecule has 0 radical (unpaired) electrons. The van der Waals surface area contributed by atoms with Gasteiger partial charge in [-0.15, -0.1) is 0 Å². The van der Waals surface area contributed by atoms with E-state index in [4.69, 9.17) is 9.84 Å². The molecule has 0 atom stereocenters. The second-order valence-electron chi connectivity index (χ2n) is 5.88. The summed E-state index contributed by atoms with van der Waals surface area (Å²) in [4.78, 5) is 18.6. The van der Waals surface area contributed by atoms with Gasteiger partial charge in [0.25, 0.3) is 0 Å². The Morgan fingerprint density at radius 3 is 2.52 bits per heavy atom. The fourth-order valence-electron chi connectivity index (χ4n) is 1.84. The quantitative estimate of drug-likeness (QED) is 0.933. The summed E-state index contributed by atoms with van der Waals surface area (Å²) < 4.78 is 5.63. The first-order valence-corrected chi connectivity index (χ1v) is 6.61. The number of ether oxygens (including phenoxy) is 1. The Morgan fingerprint density at radius 2 is 1.95 bits per heavy atom. The number of hydrogen-bond donors (Lipinski definition) is 1. The van der Waals surface area contributed by atoms with Crippen LogP contribution in [0.25, 0.3) is 0 Å². The number of aromatic carboxylic acids is 1. The SMILES string of the molecule is Cc1cc(C(C)(C)C)ccc1Oc1cncc(C(=O)O)n1. The molecule has 1 aromatic heterocycles. The number of carbonyl (C=O) groups is 1. The average molecular weight is 286 g/mol. The Kier molecular flexibility index (Phi) is 3.93. The van der Waals surface area contributed by atoms with Crippen molar-refractivity contribution in [2.75, 3.05) is 0 Å². The Bertz CT molecular complexity index is 675. The molecule has 21 heavy (non-hydrogen) atoms. The predicted octanol–water partition coefficient (Wildman–Crippen LogP) is 3.57. The van der Waals surface area contributed by atoms with Crippen molar-refractivity contribution in [3.8, 4) is 11.6 Å². The van der Waals surface area contributed by atoms with Crippen LogP contribution in [0, 0.1) is 6.92 Å². The molecule has 2 rings (SSSR count). The van der Waals surface area contributed by atoms with Gasteiger partial charge in [0.05, 0.1) is 12.4 Å². The Labute approximate surface area is 123 Å². The van der Waals surface area contributed by atoms with Gasteiger partial charge in [-0.3, -0.25) is 4.98 Å². The van der Waals surface area contributed by atoms with E-state index in [1.165, 1.54) is 18.0 Å². The van der Waals surface area contributed by atoms with E-state index in [1.54, 1.807) is 0 Å². The van der Waals surface area contributed by atoms with E-state index in [-0.39, 0.29) is 17.0 Å². The Hall–Kier alpha value is -2.43. The molecule has 1 N–H and O–H groups in total. The number of aryl methyl sites for hydroxylation is 1. The highest BCUT2D eigenvalue weighted by Crippen LogP contribution is 2.29. The summed E-state index contributed by atoms with van der Waals surface area (Å²) >= 11 is 0. The summed E-state index contributed by atoms with van der Waals surface area (Å²) in [6.45, 7) is 8.37. The van der Waals surface area contributed by atoms with Crippen LogP contribution in [0.4, 0.5) is 0 Å². The van der Waals surface area contributed by atoms with Crippen LogP contribution < -0.4 is 4.74 Å². The highest BCUT2D eigenvalue weighted by Gasteiger charge is 2.15. The molecule has 0 aliphatic rings. The highest BCUT2D eigenvalue weighted by atomic mass is 16.5. The van der Waals surface area contributed by atoms with Gasteiger partial charge in [-0.1, -0.05) is 32.9 Å². The van der Waals surface area contributed by atoms with Crippen LogP contribution in [0.2, 0.25) is 0 Å². The molecule has 0 spiro atoms. The van der Waals surface area contributed by atoms with Crippen molar-refractivity contribution in [3.05, 3.63) is 47.4 Å². The first-order chi connectivity index (χ1) is 9.77. The zero-order valence-corrected chi connectivity index (χ0v) is 12.5. The van der Waals surface area contributed by atoms with Gasteiger partial charge in [0.15, 0.2) is 5.69 Å². The molecule has 0 saturated heterocycles. The number of aromatic nitrogens is 2. The van der Waals surface area contributed by atoms with Crippen LogP contribution in [0.15, 0.2) is 30.6 Å². The van der Waals surface area contributed by atoms with Crippen LogP contribution in [-0.2, 0) is 5.41 Å². The predicted molar refractivity (Wildman–Crippen MR) is 78.9 cm³/mol. The lowest BCUT2D eigenvalue weighted by molar-refractivity contribution is 0.0689. The minimum absolute atomic E-state index is 0.0618. The van der Waals surface area contributed by atoms with Gasteiger partial charge >= 0.3 is 5.97 Å². The molecule has 2 aromatic rings. The maximum absolute atomic E-state index is 10.9. The molecule has 0 unspecified atom stereocenters. The van der Waals surface area contributed by atoms with E-state index < -0.39 is 5.97 Å². The van der Waals surface area contributed by atoms with E-state index >= 15 is 0 Å². The van der Waals surface area contributed by atoms with Gasteiger partial charge in [0, 0.05) is 0 Å². The topological polar surface area (TPSA) is 72.3 Å². The van der Waals surface area contributed by atoms with E-state index in [9.17, 15) is 4.79 Å². The number of nitrogens with zero attached hydrogens (tertiary/aromatic N) is 2. The molecule has 1 aromatic carbocycles. The lowest BCUT2D eigenvalue weighted by Crippen LogP contribution is -2.11. The molecule has 0 aliphatic carbocycles. The third kappa shape index (κ3) is 3.56. The number of carboxylic acid groups (broad SMARTS) is 1. The van der Waals surface area contributed by atoms with Crippen LogP contribution >= 0.6 is 0 Å². The maximum atomic E-state index is 10.9. The Morgan fingerprint density at radius 1 is 1.24 bits per heavy atom. The third-order valence-electron chi connectivity index (χ3n) is 3.09. The highest BCUT2D eigenvalue weighted by molar-refractivity contribution is 5.84. The second kappa shape index (κ2) is 5.52. The zero-order chi connectivity index (χ0) is 15.6. The Balaban J connectivity index is 2.28. The number of benzene rings is 1. The molecular formula is C16H18N2O3. The number of rotatable bonds is 3. The van der Waals surface area contributed by atoms with Crippen LogP contribution in [0.5, 0.6) is 11.6 Å². The first-order valence-electron chi connectivity index (χ1n) is 6.61. The van der Waals surface area contributed by atoms with Crippen LogP contribution in [0.3, 0.4) is 0 Å². The third-order valence-corrected chi connectivity index (χ3v) is 3.09. The van der Waals surface area contributed by atoms with E-state index in [0.29, 0.717) is 5.75 Å². The summed E-state index contributed by atoms with van der Waals surface area (Å²) in [6, 6.07) is 5.92. The van der Waals surface area contributed by atoms with Crippen LogP contribution in [-0.4, -0.2) is 21.0 Å². The van der Waals surface area contributed by atoms with Gasteiger partial charge in [-0.2, -0.15) is 0 Å². The molecule has 0 fully saturated rings. The fourth-order valence-corrected chi connectivity index (χ4v) is 1.84. The summed E-state index contributed by atoms with van der Waals surface area (Å²) in [6.07, 6.45) is 2.58. The molecule has 5 nitrogen and oxygen atoms in total. The fraction of sp³-hybridized carbons (Fsp3) is 0.312. The van der Waals surface area contributed by atoms with Crippen molar-refractivity contribution in [1.29, 1.82) is 0 Å². The molecule has 1 heterocycles. The van der Waals surface area contributed by atoms with Gasteiger partial charge < -0.3 is 9.84 Å². The lowest BCUT2D eigenvalue weighted by atomic mass is 9.86. The van der Waals surface area contributed by atoms with Crippen molar-refractivity contribution >= 4 is 5.97 Å². The van der Waals surface area contributed by atoms with Crippen molar-refractivity contribution < 1.29 is 14.6 Å². The van der Waals surface area contributed by atoms with Gasteiger partial charge in [0.2, 0.25) is 5.88 Å². The van der Waals surface area contributed by atoms with Crippen molar-refractivity contribution in [2.24, 2.45) is 0 Å². The van der Waals surface area contributed by atoms with Gasteiger partial charge in [0.1, 0.15) is 5.75 Å². The van der Waals surface area contributed by atoms with E-state index in [2.05, 4.69) is 36.8 Å². The second-order valence-corrected chi connectivity index (χ2v) is 5.88. The van der Waals surface area contributed by atoms with Gasteiger partial charge in [-0.05, 0) is 29.5 Å². The molecule has 5 heteroatoms. The van der Waals surface area contributed by atoms with Crippen molar-refractivity contribution in [3.63, 3.8) is 0 Å². The molecule has 0 amide bonds. The molecule has 0 saturated carbocycles. The summed E-state index contributed by atoms with van der Waals surface area (Å²) in [5.41, 5.74) is 2.09. The van der Waals surface area contributed by atoms with Gasteiger partial charge in [-0.25, -0.2) is 9.78 Å². The molecule has 110 valence electrons. The summed E-state index contributed by atoms with van der Waals surface area (Å²) in [7, 11) is 0. The number of carboxylic acids is 1. The summed E-state index contributed by atoms with van der Waals surface area (Å²) in [5.74, 6) is -0.325. The standard InChI is InChI=1S/C16H18N2O3/c1-10-7-11(16(2,3)4)5-6-13(10)21-14-9-17-8-12(18-14)15(19)20/h5-9H,1-4H3,(H,19,20). The molecule has 0 aliphatic heterocycles. The van der Waals surface area contributed by atoms with Crippen LogP contribution in [0.1, 0.15) is 42.4 Å². The zero-order valence-electron chi connectivity index (χ0n) is 12.5. The normalized spacial score (nSPS) is 11.2. The largest absolute Gasteiger partial charge is 0.476 e. The smallest absolute Gasteiger partial charge is 0.356 e. The average Bonchev–Trinajstić information content (AvgIpc) is 2.40. The van der Waals surface area contributed by atoms with Crippen molar-refractivity contribution in [1.82, 2.24) is 9.97 Å². The maximum Gasteiger partial charge on any atom is 0.356 e. The monoisotopic (exact) mass is 286 g/mol. The summed E-state index contributed by atoms with van der Waals surface area (Å²) in [5, 5.41) is 8.90. The minimum atomic E-state index is -1.13. The van der Waals surface area contributed by atoms with E-state index in [0.717, 1.165) is 5.56 Å². The molecule has 0 bridgehead atoms. The first kappa shape index (κ1) is 15.0. The van der Waals surface area contributed by atoms with Crippen molar-refractivity contribution in [2.45, 2.75) is 33.1 Å².